The van der Waals surface area contributed by atoms with E-state index in [1.165, 1.54) is 37.9 Å². The van der Waals surface area contributed by atoms with E-state index >= 15 is 0 Å². The Morgan fingerprint density at radius 3 is 2.89 bits per heavy atom. The van der Waals surface area contributed by atoms with Crippen LogP contribution < -0.4 is 5.73 Å². The van der Waals surface area contributed by atoms with E-state index < -0.39 is 0 Å². The van der Waals surface area contributed by atoms with Crippen molar-refractivity contribution in [1.82, 2.24) is 14.7 Å². The minimum absolute atomic E-state index is 0. The van der Waals surface area contributed by atoms with Gasteiger partial charge in [-0.2, -0.15) is 5.10 Å². The summed E-state index contributed by atoms with van der Waals surface area (Å²) < 4.78 is 2.04. The second-order valence-corrected chi connectivity index (χ2v) is 5.74. The maximum absolute atomic E-state index is 5.66. The highest BCUT2D eigenvalue weighted by atomic mass is 35.5. The Morgan fingerprint density at radius 1 is 1.47 bits per heavy atom. The molecule has 2 N–H and O–H groups in total. The van der Waals surface area contributed by atoms with Gasteiger partial charge in [0.2, 0.25) is 0 Å². The molecule has 0 aliphatic carbocycles. The molecule has 1 unspecified atom stereocenters. The van der Waals surface area contributed by atoms with Crippen molar-refractivity contribution in [2.45, 2.75) is 45.7 Å². The van der Waals surface area contributed by atoms with Crippen molar-refractivity contribution in [3.63, 3.8) is 0 Å². The van der Waals surface area contributed by atoms with E-state index in [9.17, 15) is 0 Å². The molecule has 19 heavy (non-hydrogen) atoms. The lowest BCUT2D eigenvalue weighted by molar-refractivity contribution is 0.163. The number of nitrogens with zero attached hydrogens (tertiary/aromatic N) is 3. The maximum Gasteiger partial charge on any atom is 0.0534 e. The van der Waals surface area contributed by atoms with Gasteiger partial charge in [-0.05, 0) is 52.1 Å². The SMILES string of the molecule is CC(C)n1cc(CN2CCCC(CCN)C2)cn1.Cl. The average Bonchev–Trinajstić information content (AvgIpc) is 2.78. The highest BCUT2D eigenvalue weighted by molar-refractivity contribution is 5.85. The Morgan fingerprint density at radius 2 is 2.26 bits per heavy atom. The summed E-state index contributed by atoms with van der Waals surface area (Å²) in [5.41, 5.74) is 6.99. The molecular weight excluding hydrogens is 260 g/mol. The third-order valence-corrected chi connectivity index (χ3v) is 3.77. The van der Waals surface area contributed by atoms with Gasteiger partial charge in [-0.3, -0.25) is 9.58 Å². The molecule has 110 valence electrons. The number of rotatable bonds is 5. The Hall–Kier alpha value is -0.580. The van der Waals surface area contributed by atoms with E-state index in [4.69, 9.17) is 5.73 Å². The molecule has 0 bridgehead atoms. The Kier molecular flexibility index (Phi) is 6.83. The van der Waals surface area contributed by atoms with Gasteiger partial charge in [0.05, 0.1) is 6.20 Å². The largest absolute Gasteiger partial charge is 0.330 e. The first-order valence-electron chi connectivity index (χ1n) is 7.14. The molecule has 4 nitrogen and oxygen atoms in total. The molecule has 1 aliphatic rings. The molecule has 1 aliphatic heterocycles. The second kappa shape index (κ2) is 7.88. The summed E-state index contributed by atoms with van der Waals surface area (Å²) in [5.74, 6) is 0.795. The summed E-state index contributed by atoms with van der Waals surface area (Å²) in [7, 11) is 0. The van der Waals surface area contributed by atoms with Crippen molar-refractivity contribution >= 4 is 12.4 Å². The van der Waals surface area contributed by atoms with Gasteiger partial charge in [-0.25, -0.2) is 0 Å². The predicted molar refractivity (Wildman–Crippen MR) is 81.5 cm³/mol. The van der Waals surface area contributed by atoms with Crippen LogP contribution in [-0.2, 0) is 6.54 Å². The molecule has 0 saturated carbocycles. The van der Waals surface area contributed by atoms with Crippen LogP contribution in [0, 0.1) is 5.92 Å². The fourth-order valence-electron chi connectivity index (χ4n) is 2.77. The average molecular weight is 287 g/mol. The first-order valence-corrected chi connectivity index (χ1v) is 7.14. The smallest absolute Gasteiger partial charge is 0.0534 e. The maximum atomic E-state index is 5.66. The van der Waals surface area contributed by atoms with Crippen molar-refractivity contribution in [2.75, 3.05) is 19.6 Å². The number of hydrogen-bond donors (Lipinski definition) is 1. The van der Waals surface area contributed by atoms with Crippen molar-refractivity contribution < 1.29 is 0 Å². The van der Waals surface area contributed by atoms with Gasteiger partial charge in [0.1, 0.15) is 0 Å². The lowest BCUT2D eigenvalue weighted by Gasteiger charge is -2.32. The molecule has 0 radical (unpaired) electrons. The minimum Gasteiger partial charge on any atom is -0.330 e. The van der Waals surface area contributed by atoms with E-state index in [0.717, 1.165) is 19.0 Å². The third-order valence-electron chi connectivity index (χ3n) is 3.77. The van der Waals surface area contributed by atoms with Crippen LogP contribution >= 0.6 is 12.4 Å². The lowest BCUT2D eigenvalue weighted by atomic mass is 9.95. The zero-order valence-corrected chi connectivity index (χ0v) is 12.9. The number of halogens is 1. The summed E-state index contributed by atoms with van der Waals surface area (Å²) in [6.45, 7) is 8.60. The summed E-state index contributed by atoms with van der Waals surface area (Å²) in [6.07, 6.45) is 8.01. The molecule has 1 aromatic heterocycles. The molecule has 0 aromatic carbocycles. The number of piperidine rings is 1. The molecule has 0 amide bonds. The van der Waals surface area contributed by atoms with Crippen LogP contribution in [0.2, 0.25) is 0 Å². The lowest BCUT2D eigenvalue weighted by Crippen LogP contribution is -2.35. The van der Waals surface area contributed by atoms with Gasteiger partial charge in [0.15, 0.2) is 0 Å². The standard InChI is InChI=1S/C14H26N4.ClH/c1-12(2)18-11-14(8-16-18)10-17-7-3-4-13(9-17)5-6-15;/h8,11-13H,3-7,9-10,15H2,1-2H3;1H. The van der Waals surface area contributed by atoms with Gasteiger partial charge in [0, 0.05) is 30.9 Å². The summed E-state index contributed by atoms with van der Waals surface area (Å²) in [6, 6.07) is 0.449. The van der Waals surface area contributed by atoms with Crippen LogP contribution in [0.4, 0.5) is 0 Å². The first-order chi connectivity index (χ1) is 8.69. The monoisotopic (exact) mass is 286 g/mol. The second-order valence-electron chi connectivity index (χ2n) is 5.74. The van der Waals surface area contributed by atoms with E-state index in [1.54, 1.807) is 0 Å². The first kappa shape index (κ1) is 16.5. The molecule has 1 atom stereocenters. The summed E-state index contributed by atoms with van der Waals surface area (Å²) >= 11 is 0. The fourth-order valence-corrected chi connectivity index (χ4v) is 2.77. The highest BCUT2D eigenvalue weighted by Crippen LogP contribution is 2.20. The summed E-state index contributed by atoms with van der Waals surface area (Å²) in [4.78, 5) is 2.55. The van der Waals surface area contributed by atoms with Gasteiger partial charge >= 0.3 is 0 Å². The van der Waals surface area contributed by atoms with E-state index in [1.807, 2.05) is 10.9 Å². The van der Waals surface area contributed by atoms with Gasteiger partial charge in [0.25, 0.3) is 0 Å². The molecule has 0 spiro atoms. The molecule has 1 saturated heterocycles. The van der Waals surface area contributed by atoms with Crippen LogP contribution in [0.3, 0.4) is 0 Å². The van der Waals surface area contributed by atoms with Crippen molar-refractivity contribution in [3.05, 3.63) is 18.0 Å². The third kappa shape index (κ3) is 4.79. The van der Waals surface area contributed by atoms with E-state index in [0.29, 0.717) is 6.04 Å². The zero-order valence-electron chi connectivity index (χ0n) is 12.1. The van der Waals surface area contributed by atoms with Gasteiger partial charge in [-0.15, -0.1) is 12.4 Å². The Balaban J connectivity index is 0.00000180. The number of nitrogens with two attached hydrogens (primary N) is 1. The van der Waals surface area contributed by atoms with Crippen LogP contribution in [-0.4, -0.2) is 34.3 Å². The quantitative estimate of drug-likeness (QED) is 0.904. The molecule has 1 aromatic rings. The predicted octanol–water partition coefficient (Wildman–Crippen LogP) is 2.45. The highest BCUT2D eigenvalue weighted by Gasteiger charge is 2.19. The molecule has 2 rings (SSSR count). The van der Waals surface area contributed by atoms with E-state index in [-0.39, 0.29) is 12.4 Å². The normalized spacial score (nSPS) is 20.5. The fraction of sp³-hybridized carbons (Fsp3) is 0.786. The van der Waals surface area contributed by atoms with Gasteiger partial charge in [-0.1, -0.05) is 0 Å². The summed E-state index contributed by atoms with van der Waals surface area (Å²) in [5, 5.41) is 4.41. The van der Waals surface area contributed by atoms with Crippen molar-refractivity contribution in [3.8, 4) is 0 Å². The Bertz CT molecular complexity index is 362. The van der Waals surface area contributed by atoms with Gasteiger partial charge < -0.3 is 5.73 Å². The molecular formula is C14H27ClN4. The van der Waals surface area contributed by atoms with Crippen molar-refractivity contribution in [2.24, 2.45) is 11.7 Å². The Labute approximate surface area is 122 Å². The van der Waals surface area contributed by atoms with Crippen LogP contribution in [0.5, 0.6) is 0 Å². The molecule has 5 heteroatoms. The molecule has 1 fully saturated rings. The van der Waals surface area contributed by atoms with Crippen LogP contribution in [0.15, 0.2) is 12.4 Å². The van der Waals surface area contributed by atoms with Crippen molar-refractivity contribution in [1.29, 1.82) is 0 Å². The number of hydrogen-bond acceptors (Lipinski definition) is 3. The van der Waals surface area contributed by atoms with Crippen LogP contribution in [0.1, 0.15) is 44.7 Å². The topological polar surface area (TPSA) is 47.1 Å². The minimum atomic E-state index is 0. The number of likely N-dealkylation sites (tertiary alicyclic amines) is 1. The zero-order chi connectivity index (χ0) is 13.0. The van der Waals surface area contributed by atoms with E-state index in [2.05, 4.69) is 30.0 Å². The molecule has 2 heterocycles. The van der Waals surface area contributed by atoms with Crippen LogP contribution in [0.25, 0.3) is 0 Å². The number of aromatic nitrogens is 2.